The van der Waals surface area contributed by atoms with E-state index in [-0.39, 0.29) is 23.8 Å². The van der Waals surface area contributed by atoms with Gasteiger partial charge in [0.05, 0.1) is 12.1 Å². The number of hydrogen-bond donors (Lipinski definition) is 2. The molecular formula is C19H20FN3O2. The normalized spacial score (nSPS) is 20.2. The Kier molecular flexibility index (Phi) is 5.09. The van der Waals surface area contributed by atoms with Crippen molar-refractivity contribution >= 4 is 18.0 Å². The van der Waals surface area contributed by atoms with Crippen molar-refractivity contribution in [3.8, 4) is 0 Å². The first kappa shape index (κ1) is 17.1. The van der Waals surface area contributed by atoms with Crippen LogP contribution in [0.15, 0.2) is 48.5 Å². The van der Waals surface area contributed by atoms with Crippen LogP contribution in [-0.4, -0.2) is 36.9 Å². The Bertz CT molecular complexity index is 746. The SMILES string of the molecule is CN1CC[C@H](NC(=O)c2ccc(NC=O)cc2)[C@H]1c1ccc(F)cc1. The minimum absolute atomic E-state index is 0.0144. The molecule has 0 radical (unpaired) electrons. The Morgan fingerprint density at radius 1 is 1.16 bits per heavy atom. The molecule has 6 heteroatoms. The average molecular weight is 341 g/mol. The third-order valence-corrected chi connectivity index (χ3v) is 4.55. The molecule has 5 nitrogen and oxygen atoms in total. The molecule has 1 fully saturated rings. The largest absolute Gasteiger partial charge is 0.347 e. The minimum Gasteiger partial charge on any atom is -0.347 e. The van der Waals surface area contributed by atoms with Gasteiger partial charge in [-0.05, 0) is 55.4 Å². The molecule has 0 bridgehead atoms. The van der Waals surface area contributed by atoms with Gasteiger partial charge in [-0.25, -0.2) is 4.39 Å². The summed E-state index contributed by atoms with van der Waals surface area (Å²) in [6.07, 6.45) is 1.42. The fourth-order valence-corrected chi connectivity index (χ4v) is 3.28. The zero-order chi connectivity index (χ0) is 17.8. The summed E-state index contributed by atoms with van der Waals surface area (Å²) in [7, 11) is 2.00. The number of carbonyl (C=O) groups is 2. The standard InChI is InChI=1S/C19H20FN3O2/c1-23-11-10-17(18(23)13-2-6-15(20)7-3-13)22-19(25)14-4-8-16(9-5-14)21-12-24/h2-9,12,17-18H,10-11H2,1H3,(H,21,24)(H,22,25)/t17-,18+/m0/s1. The molecule has 2 amide bonds. The molecule has 0 aromatic heterocycles. The summed E-state index contributed by atoms with van der Waals surface area (Å²) in [5.41, 5.74) is 2.15. The van der Waals surface area contributed by atoms with Gasteiger partial charge in [0.1, 0.15) is 5.82 Å². The van der Waals surface area contributed by atoms with Crippen LogP contribution < -0.4 is 10.6 Å². The van der Waals surface area contributed by atoms with Gasteiger partial charge in [0, 0.05) is 17.8 Å². The van der Waals surface area contributed by atoms with E-state index in [2.05, 4.69) is 15.5 Å². The first-order valence-corrected chi connectivity index (χ1v) is 8.15. The van der Waals surface area contributed by atoms with E-state index >= 15 is 0 Å². The Labute approximate surface area is 145 Å². The highest BCUT2D eigenvalue weighted by molar-refractivity contribution is 5.95. The molecule has 0 saturated carbocycles. The van der Waals surface area contributed by atoms with Crippen LogP contribution in [0.3, 0.4) is 0 Å². The summed E-state index contributed by atoms with van der Waals surface area (Å²) < 4.78 is 13.2. The Morgan fingerprint density at radius 2 is 1.84 bits per heavy atom. The van der Waals surface area contributed by atoms with E-state index in [1.807, 2.05) is 7.05 Å². The lowest BCUT2D eigenvalue weighted by atomic mass is 9.99. The zero-order valence-electron chi connectivity index (χ0n) is 13.9. The lowest BCUT2D eigenvalue weighted by Gasteiger charge is -2.26. The van der Waals surface area contributed by atoms with Gasteiger partial charge in [-0.1, -0.05) is 12.1 Å². The lowest BCUT2D eigenvalue weighted by Crippen LogP contribution is -2.38. The van der Waals surface area contributed by atoms with Crippen molar-refractivity contribution < 1.29 is 14.0 Å². The van der Waals surface area contributed by atoms with Crippen molar-refractivity contribution in [1.82, 2.24) is 10.2 Å². The van der Waals surface area contributed by atoms with Gasteiger partial charge >= 0.3 is 0 Å². The number of halogens is 1. The number of hydrogen-bond acceptors (Lipinski definition) is 3. The molecule has 2 aromatic carbocycles. The van der Waals surface area contributed by atoms with Crippen molar-refractivity contribution in [1.29, 1.82) is 0 Å². The molecule has 2 atom stereocenters. The van der Waals surface area contributed by atoms with Gasteiger partial charge < -0.3 is 10.6 Å². The van der Waals surface area contributed by atoms with Gasteiger partial charge in [0.25, 0.3) is 5.91 Å². The number of benzene rings is 2. The van der Waals surface area contributed by atoms with Gasteiger partial charge in [-0.15, -0.1) is 0 Å². The van der Waals surface area contributed by atoms with Crippen molar-refractivity contribution in [3.63, 3.8) is 0 Å². The molecule has 0 spiro atoms. The molecule has 2 N–H and O–H groups in total. The van der Waals surface area contributed by atoms with E-state index in [0.717, 1.165) is 18.5 Å². The average Bonchev–Trinajstić information content (AvgIpc) is 2.97. The van der Waals surface area contributed by atoms with Crippen LogP contribution in [-0.2, 0) is 4.79 Å². The molecule has 1 heterocycles. The molecule has 0 unspecified atom stereocenters. The molecule has 25 heavy (non-hydrogen) atoms. The zero-order valence-corrected chi connectivity index (χ0v) is 13.9. The number of carbonyl (C=O) groups excluding carboxylic acids is 2. The van der Waals surface area contributed by atoms with E-state index in [4.69, 9.17) is 0 Å². The summed E-state index contributed by atoms with van der Waals surface area (Å²) in [6, 6.07) is 13.1. The van der Waals surface area contributed by atoms with E-state index < -0.39 is 0 Å². The van der Waals surface area contributed by atoms with Crippen LogP contribution >= 0.6 is 0 Å². The van der Waals surface area contributed by atoms with Crippen LogP contribution in [0.4, 0.5) is 10.1 Å². The van der Waals surface area contributed by atoms with Crippen LogP contribution in [0.1, 0.15) is 28.4 Å². The first-order chi connectivity index (χ1) is 12.1. The lowest BCUT2D eigenvalue weighted by molar-refractivity contribution is -0.105. The number of likely N-dealkylation sites (tertiary alicyclic amines) is 1. The Balaban J connectivity index is 1.72. The number of rotatable bonds is 5. The molecular weight excluding hydrogens is 321 g/mol. The maximum Gasteiger partial charge on any atom is 0.251 e. The Morgan fingerprint density at radius 3 is 2.48 bits per heavy atom. The van der Waals surface area contributed by atoms with Crippen LogP contribution in [0.25, 0.3) is 0 Å². The summed E-state index contributed by atoms with van der Waals surface area (Å²) in [5, 5.41) is 5.61. The predicted octanol–water partition coefficient (Wildman–Crippen LogP) is 2.57. The summed E-state index contributed by atoms with van der Waals surface area (Å²) in [5.74, 6) is -0.431. The van der Waals surface area contributed by atoms with E-state index in [1.165, 1.54) is 12.1 Å². The molecule has 3 rings (SSSR count). The van der Waals surface area contributed by atoms with Crippen LogP contribution in [0, 0.1) is 5.82 Å². The number of likely N-dealkylation sites (N-methyl/N-ethyl adjacent to an activating group) is 1. The number of anilines is 1. The smallest absolute Gasteiger partial charge is 0.251 e. The molecule has 1 aliphatic heterocycles. The van der Waals surface area contributed by atoms with E-state index in [1.54, 1.807) is 36.4 Å². The quantitative estimate of drug-likeness (QED) is 0.822. The van der Waals surface area contributed by atoms with Gasteiger partial charge in [-0.2, -0.15) is 0 Å². The number of nitrogens with one attached hydrogen (secondary N) is 2. The second-order valence-corrected chi connectivity index (χ2v) is 6.19. The van der Waals surface area contributed by atoms with E-state index in [9.17, 15) is 14.0 Å². The molecule has 130 valence electrons. The fraction of sp³-hybridized carbons (Fsp3) is 0.263. The van der Waals surface area contributed by atoms with E-state index in [0.29, 0.717) is 17.7 Å². The summed E-state index contributed by atoms with van der Waals surface area (Å²) in [6.45, 7) is 0.856. The molecule has 2 aromatic rings. The highest BCUT2D eigenvalue weighted by atomic mass is 19.1. The predicted molar refractivity (Wildman–Crippen MR) is 93.8 cm³/mol. The van der Waals surface area contributed by atoms with Gasteiger partial charge in [-0.3, -0.25) is 14.5 Å². The van der Waals surface area contributed by atoms with Crippen LogP contribution in [0.5, 0.6) is 0 Å². The Hall–Kier alpha value is -2.73. The monoisotopic (exact) mass is 341 g/mol. The first-order valence-electron chi connectivity index (χ1n) is 8.15. The second-order valence-electron chi connectivity index (χ2n) is 6.19. The van der Waals surface area contributed by atoms with Crippen molar-refractivity contribution in [2.75, 3.05) is 18.9 Å². The summed E-state index contributed by atoms with van der Waals surface area (Å²) >= 11 is 0. The fourth-order valence-electron chi connectivity index (χ4n) is 3.28. The number of nitrogens with zero attached hydrogens (tertiary/aromatic N) is 1. The minimum atomic E-state index is -0.269. The third-order valence-electron chi connectivity index (χ3n) is 4.55. The van der Waals surface area contributed by atoms with Gasteiger partial charge in [0.15, 0.2) is 0 Å². The maximum atomic E-state index is 13.2. The van der Waals surface area contributed by atoms with Crippen molar-refractivity contribution in [2.45, 2.75) is 18.5 Å². The molecule has 1 aliphatic rings. The molecule has 1 saturated heterocycles. The third kappa shape index (κ3) is 3.85. The highest BCUT2D eigenvalue weighted by Crippen LogP contribution is 2.31. The molecule has 0 aliphatic carbocycles. The van der Waals surface area contributed by atoms with Crippen molar-refractivity contribution in [3.05, 3.63) is 65.5 Å². The second kappa shape index (κ2) is 7.44. The highest BCUT2D eigenvalue weighted by Gasteiger charge is 2.34. The topological polar surface area (TPSA) is 61.4 Å². The summed E-state index contributed by atoms with van der Waals surface area (Å²) in [4.78, 5) is 25.1. The van der Waals surface area contributed by atoms with Gasteiger partial charge in [0.2, 0.25) is 6.41 Å². The van der Waals surface area contributed by atoms with Crippen LogP contribution in [0.2, 0.25) is 0 Å². The number of amides is 2. The maximum absolute atomic E-state index is 13.2. The van der Waals surface area contributed by atoms with Crippen molar-refractivity contribution in [2.24, 2.45) is 0 Å².